The van der Waals surface area contributed by atoms with Crippen molar-refractivity contribution in [3.05, 3.63) is 27.9 Å². The molecule has 1 aromatic heterocycles. The van der Waals surface area contributed by atoms with Crippen LogP contribution in [0.25, 0.3) is 0 Å². The highest BCUT2D eigenvalue weighted by molar-refractivity contribution is 5.77. The first-order valence-electron chi connectivity index (χ1n) is 9.46. The smallest absolute Gasteiger partial charge is 0.253 e. The van der Waals surface area contributed by atoms with E-state index >= 15 is 0 Å². The van der Waals surface area contributed by atoms with Crippen molar-refractivity contribution in [1.82, 2.24) is 14.5 Å². The maximum absolute atomic E-state index is 12.6. The van der Waals surface area contributed by atoms with Crippen LogP contribution in [0.15, 0.2) is 10.9 Å². The summed E-state index contributed by atoms with van der Waals surface area (Å²) in [6.45, 7) is 4.08. The van der Waals surface area contributed by atoms with E-state index in [-0.39, 0.29) is 23.3 Å². The standard InChI is InChI=1S/C19H27N3O3/c1-14-11-16(23)22-10-8-18(6-3-15(22)20-14)7-9-21(13-18)17(24)12-19(25)4-2-5-19/h11,25H,2-10,12-13H2,1H3. The van der Waals surface area contributed by atoms with E-state index in [0.29, 0.717) is 6.54 Å². The molecule has 1 saturated carbocycles. The molecule has 1 aromatic rings. The molecule has 0 radical (unpaired) electrons. The van der Waals surface area contributed by atoms with Gasteiger partial charge in [-0.3, -0.25) is 14.2 Å². The topological polar surface area (TPSA) is 75.4 Å². The number of rotatable bonds is 2. The van der Waals surface area contributed by atoms with Crippen LogP contribution in [0.3, 0.4) is 0 Å². The average molecular weight is 345 g/mol. The second-order valence-corrected chi connectivity index (χ2v) is 8.37. The fourth-order valence-corrected chi connectivity index (χ4v) is 4.67. The first-order chi connectivity index (χ1) is 11.9. The summed E-state index contributed by atoms with van der Waals surface area (Å²) in [4.78, 5) is 31.3. The second kappa shape index (κ2) is 5.94. The van der Waals surface area contributed by atoms with Gasteiger partial charge in [-0.25, -0.2) is 4.98 Å². The number of hydrogen-bond acceptors (Lipinski definition) is 4. The maximum atomic E-state index is 12.6. The number of aryl methyl sites for hydroxylation is 2. The van der Waals surface area contributed by atoms with Gasteiger partial charge in [-0.15, -0.1) is 0 Å². The molecule has 136 valence electrons. The van der Waals surface area contributed by atoms with Crippen molar-refractivity contribution in [1.29, 1.82) is 0 Å². The van der Waals surface area contributed by atoms with E-state index in [1.165, 1.54) is 0 Å². The van der Waals surface area contributed by atoms with Crippen molar-refractivity contribution < 1.29 is 9.90 Å². The van der Waals surface area contributed by atoms with Crippen molar-refractivity contribution in [3.8, 4) is 0 Å². The van der Waals surface area contributed by atoms with Crippen LogP contribution in [0.2, 0.25) is 0 Å². The van der Waals surface area contributed by atoms with E-state index in [1.807, 2.05) is 16.4 Å². The zero-order valence-corrected chi connectivity index (χ0v) is 15.0. The first kappa shape index (κ1) is 16.8. The SMILES string of the molecule is Cc1cc(=O)n2c(n1)CCC1(CCN(C(=O)CC3(O)CCC3)C1)CC2. The molecular weight excluding hydrogens is 318 g/mol. The predicted molar refractivity (Wildman–Crippen MR) is 93.2 cm³/mol. The molecule has 1 amide bonds. The van der Waals surface area contributed by atoms with Crippen LogP contribution in [-0.4, -0.2) is 44.2 Å². The fraction of sp³-hybridized carbons (Fsp3) is 0.737. The summed E-state index contributed by atoms with van der Waals surface area (Å²) < 4.78 is 1.81. The molecular formula is C19H27N3O3. The van der Waals surface area contributed by atoms with Crippen molar-refractivity contribution in [3.63, 3.8) is 0 Å². The number of carbonyl (C=O) groups excluding carboxylic acids is 1. The van der Waals surface area contributed by atoms with Crippen molar-refractivity contribution in [2.24, 2.45) is 5.41 Å². The number of carbonyl (C=O) groups is 1. The summed E-state index contributed by atoms with van der Waals surface area (Å²) in [5, 5.41) is 10.3. The number of hydrogen-bond donors (Lipinski definition) is 1. The lowest BCUT2D eigenvalue weighted by Gasteiger charge is -2.37. The molecule has 1 aliphatic carbocycles. The van der Waals surface area contributed by atoms with Gasteiger partial charge in [0.25, 0.3) is 5.56 Å². The summed E-state index contributed by atoms with van der Waals surface area (Å²) >= 11 is 0. The number of likely N-dealkylation sites (tertiary alicyclic amines) is 1. The molecule has 2 aliphatic heterocycles. The maximum Gasteiger partial charge on any atom is 0.253 e. The van der Waals surface area contributed by atoms with Crippen LogP contribution >= 0.6 is 0 Å². The molecule has 3 heterocycles. The van der Waals surface area contributed by atoms with Gasteiger partial charge in [0.2, 0.25) is 5.91 Å². The highest BCUT2D eigenvalue weighted by atomic mass is 16.3. The second-order valence-electron chi connectivity index (χ2n) is 8.37. The number of amides is 1. The van der Waals surface area contributed by atoms with Crippen LogP contribution in [0.1, 0.15) is 56.5 Å². The van der Waals surface area contributed by atoms with E-state index < -0.39 is 5.60 Å². The summed E-state index contributed by atoms with van der Waals surface area (Å²) in [5.74, 6) is 0.974. The molecule has 6 heteroatoms. The third-order valence-corrected chi connectivity index (χ3v) is 6.52. The molecule has 1 atom stereocenters. The van der Waals surface area contributed by atoms with E-state index in [4.69, 9.17) is 0 Å². The number of nitrogens with zero attached hydrogens (tertiary/aromatic N) is 3. The Morgan fingerprint density at radius 3 is 2.72 bits per heavy atom. The Morgan fingerprint density at radius 2 is 2.00 bits per heavy atom. The molecule has 0 bridgehead atoms. The highest BCUT2D eigenvalue weighted by Gasteiger charge is 2.43. The van der Waals surface area contributed by atoms with E-state index in [9.17, 15) is 14.7 Å². The molecule has 4 rings (SSSR count). The zero-order chi connectivity index (χ0) is 17.7. The minimum atomic E-state index is -0.749. The lowest BCUT2D eigenvalue weighted by Crippen LogP contribution is -2.43. The van der Waals surface area contributed by atoms with Crippen molar-refractivity contribution in [2.75, 3.05) is 13.1 Å². The van der Waals surface area contributed by atoms with Gasteiger partial charge in [-0.1, -0.05) is 0 Å². The molecule has 1 spiro atoms. The highest BCUT2D eigenvalue weighted by Crippen LogP contribution is 2.42. The van der Waals surface area contributed by atoms with Crippen LogP contribution in [0, 0.1) is 12.3 Å². The Hall–Kier alpha value is -1.69. The summed E-state index contributed by atoms with van der Waals surface area (Å²) in [6, 6.07) is 1.60. The summed E-state index contributed by atoms with van der Waals surface area (Å²) in [6.07, 6.45) is 6.45. The molecule has 6 nitrogen and oxygen atoms in total. The minimum Gasteiger partial charge on any atom is -0.389 e. The molecule has 1 saturated heterocycles. The van der Waals surface area contributed by atoms with Crippen LogP contribution < -0.4 is 5.56 Å². The molecule has 0 aromatic carbocycles. The van der Waals surface area contributed by atoms with Gasteiger partial charge in [-0.2, -0.15) is 0 Å². The van der Waals surface area contributed by atoms with E-state index in [1.54, 1.807) is 6.07 Å². The monoisotopic (exact) mass is 345 g/mol. The van der Waals surface area contributed by atoms with E-state index in [2.05, 4.69) is 4.98 Å². The Kier molecular flexibility index (Phi) is 3.98. The minimum absolute atomic E-state index is 0.0395. The van der Waals surface area contributed by atoms with Gasteiger partial charge >= 0.3 is 0 Å². The molecule has 25 heavy (non-hydrogen) atoms. The van der Waals surface area contributed by atoms with Gasteiger partial charge in [0, 0.05) is 37.8 Å². The van der Waals surface area contributed by atoms with Crippen LogP contribution in [0.4, 0.5) is 0 Å². The largest absolute Gasteiger partial charge is 0.389 e. The van der Waals surface area contributed by atoms with Crippen LogP contribution in [-0.2, 0) is 17.8 Å². The molecule has 1 unspecified atom stereocenters. The third-order valence-electron chi connectivity index (χ3n) is 6.52. The average Bonchev–Trinajstić information content (AvgIpc) is 2.86. The van der Waals surface area contributed by atoms with Gasteiger partial charge in [0.15, 0.2) is 0 Å². The predicted octanol–water partition coefficient (Wildman–Crippen LogP) is 1.41. The van der Waals surface area contributed by atoms with E-state index in [0.717, 1.165) is 69.6 Å². The van der Waals surface area contributed by atoms with Crippen LogP contribution in [0.5, 0.6) is 0 Å². The van der Waals surface area contributed by atoms with Crippen molar-refractivity contribution >= 4 is 5.91 Å². The summed E-state index contributed by atoms with van der Waals surface area (Å²) in [5.41, 5.74) is 0.162. The number of aromatic nitrogens is 2. The van der Waals surface area contributed by atoms with Gasteiger partial charge in [0.1, 0.15) is 5.82 Å². The van der Waals surface area contributed by atoms with Gasteiger partial charge in [0.05, 0.1) is 12.0 Å². The first-order valence-corrected chi connectivity index (χ1v) is 9.46. The van der Waals surface area contributed by atoms with Crippen molar-refractivity contribution in [2.45, 2.75) is 70.4 Å². The lowest BCUT2D eigenvalue weighted by atomic mass is 9.77. The lowest BCUT2D eigenvalue weighted by molar-refractivity contribution is -0.139. The Balaban J connectivity index is 1.45. The Bertz CT molecular complexity index is 753. The normalized spacial score (nSPS) is 27.7. The molecule has 2 fully saturated rings. The Morgan fingerprint density at radius 1 is 1.24 bits per heavy atom. The van der Waals surface area contributed by atoms with Gasteiger partial charge < -0.3 is 10.0 Å². The number of aliphatic hydroxyl groups is 1. The quantitative estimate of drug-likeness (QED) is 0.879. The molecule has 3 aliphatic rings. The third kappa shape index (κ3) is 3.12. The summed E-state index contributed by atoms with van der Waals surface area (Å²) in [7, 11) is 0. The fourth-order valence-electron chi connectivity index (χ4n) is 4.67. The Labute approximate surface area is 147 Å². The van der Waals surface area contributed by atoms with Gasteiger partial charge in [-0.05, 0) is 50.9 Å². The molecule has 1 N–H and O–H groups in total. The zero-order valence-electron chi connectivity index (χ0n) is 15.0. The number of fused-ring (bicyclic) bond motifs is 1.